The number of alkyl halides is 3. The van der Waals surface area contributed by atoms with Crippen LogP contribution in [0, 0.1) is 5.92 Å². The molecular weight excluding hydrogens is 431 g/mol. The first kappa shape index (κ1) is 23.7. The van der Waals surface area contributed by atoms with E-state index in [1.807, 2.05) is 29.2 Å². The van der Waals surface area contributed by atoms with Crippen LogP contribution in [0.5, 0.6) is 0 Å². The van der Waals surface area contributed by atoms with Gasteiger partial charge >= 0.3 is 12.1 Å². The molecule has 1 N–H and O–H groups in total. The lowest BCUT2D eigenvalue weighted by atomic mass is 9.88. The van der Waals surface area contributed by atoms with E-state index in [4.69, 9.17) is 19.1 Å². The molecule has 2 fully saturated rings. The number of methoxy groups -OCH3 is 1. The molecule has 2 aliphatic heterocycles. The first-order chi connectivity index (χ1) is 15.2. The van der Waals surface area contributed by atoms with Gasteiger partial charge < -0.3 is 19.2 Å². The number of aliphatic carboxylic acids is 1. The molecule has 1 amide bonds. The molecule has 3 atom stereocenters. The molecule has 0 bridgehead atoms. The van der Waals surface area contributed by atoms with Crippen LogP contribution >= 0.6 is 0 Å². The van der Waals surface area contributed by atoms with Crippen LogP contribution in [0.1, 0.15) is 22.7 Å². The fraction of sp³-hybridized carbons (Fsp3) is 0.476. The van der Waals surface area contributed by atoms with Crippen LogP contribution in [0.15, 0.2) is 47.2 Å². The van der Waals surface area contributed by atoms with Crippen LogP contribution in [0.2, 0.25) is 0 Å². The van der Waals surface area contributed by atoms with Gasteiger partial charge in [-0.15, -0.1) is 0 Å². The van der Waals surface area contributed by atoms with Gasteiger partial charge in [0.05, 0.1) is 25.0 Å². The van der Waals surface area contributed by atoms with Crippen molar-refractivity contribution >= 4 is 11.9 Å². The number of carboxylic acid groups (broad SMARTS) is 1. The zero-order chi connectivity index (χ0) is 23.3. The lowest BCUT2D eigenvalue weighted by Crippen LogP contribution is -2.53. The van der Waals surface area contributed by atoms with Gasteiger partial charge in [0, 0.05) is 38.9 Å². The lowest BCUT2D eigenvalue weighted by molar-refractivity contribution is -0.192. The number of furan rings is 1. The third-order valence-corrected chi connectivity index (χ3v) is 5.59. The second-order valence-corrected chi connectivity index (χ2v) is 7.58. The maximum absolute atomic E-state index is 12.9. The zero-order valence-electron chi connectivity index (χ0n) is 17.4. The first-order valence-electron chi connectivity index (χ1n) is 10.0. The van der Waals surface area contributed by atoms with Crippen LogP contribution in [-0.2, 0) is 16.1 Å². The summed E-state index contributed by atoms with van der Waals surface area (Å²) in [5.74, 6) is -1.46. The fourth-order valence-corrected chi connectivity index (χ4v) is 4.17. The smallest absolute Gasteiger partial charge is 0.475 e. The molecule has 2 aliphatic rings. The molecule has 8 nitrogen and oxygen atoms in total. The van der Waals surface area contributed by atoms with Crippen molar-refractivity contribution < 1.29 is 37.0 Å². The van der Waals surface area contributed by atoms with E-state index >= 15 is 0 Å². The molecule has 0 radical (unpaired) electrons. The van der Waals surface area contributed by atoms with E-state index in [0.717, 1.165) is 31.8 Å². The first-order valence-corrected chi connectivity index (χ1v) is 10.0. The van der Waals surface area contributed by atoms with Crippen molar-refractivity contribution in [1.29, 1.82) is 0 Å². The van der Waals surface area contributed by atoms with Crippen LogP contribution < -0.4 is 0 Å². The van der Waals surface area contributed by atoms with Gasteiger partial charge in [0.1, 0.15) is 11.5 Å². The van der Waals surface area contributed by atoms with Crippen molar-refractivity contribution in [1.82, 2.24) is 14.8 Å². The average Bonchev–Trinajstić information content (AvgIpc) is 3.43. The minimum Gasteiger partial charge on any atom is -0.475 e. The van der Waals surface area contributed by atoms with Crippen LogP contribution in [-0.4, -0.2) is 76.8 Å². The van der Waals surface area contributed by atoms with E-state index in [0.29, 0.717) is 18.2 Å². The Hall–Kier alpha value is -2.92. The van der Waals surface area contributed by atoms with E-state index in [2.05, 4.69) is 9.88 Å². The molecule has 11 heteroatoms. The molecule has 0 saturated carbocycles. The van der Waals surface area contributed by atoms with Crippen molar-refractivity contribution in [2.24, 2.45) is 5.92 Å². The summed E-state index contributed by atoms with van der Waals surface area (Å²) in [5.41, 5.74) is 0.515. The van der Waals surface area contributed by atoms with Gasteiger partial charge in [-0.1, -0.05) is 6.07 Å². The van der Waals surface area contributed by atoms with Gasteiger partial charge in [0.25, 0.3) is 5.91 Å². The quantitative estimate of drug-likeness (QED) is 0.757. The number of piperidine rings is 1. The van der Waals surface area contributed by atoms with Gasteiger partial charge in [-0.25, -0.2) is 4.79 Å². The van der Waals surface area contributed by atoms with Crippen LogP contribution in [0.3, 0.4) is 0 Å². The number of pyridine rings is 1. The number of nitrogens with zero attached hydrogens (tertiary/aromatic N) is 3. The Morgan fingerprint density at radius 2 is 2.00 bits per heavy atom. The number of likely N-dealkylation sites (tertiary alicyclic amines) is 2. The number of carbonyl (C=O) groups is 2. The van der Waals surface area contributed by atoms with E-state index in [-0.39, 0.29) is 18.1 Å². The summed E-state index contributed by atoms with van der Waals surface area (Å²) in [5, 5.41) is 7.12. The number of amides is 1. The SMILES string of the molecule is CO[C@H]1CCN(C(=O)c2ccccn2)[C@@H]2CN(Cc3ccco3)C[C@H]12.O=C(O)C(F)(F)F. The molecule has 174 valence electrons. The number of carbonyl (C=O) groups excluding carboxylic acids is 1. The van der Waals surface area contributed by atoms with E-state index in [9.17, 15) is 18.0 Å². The summed E-state index contributed by atoms with van der Waals surface area (Å²) >= 11 is 0. The number of ether oxygens (including phenoxy) is 1. The molecule has 4 rings (SSSR count). The average molecular weight is 455 g/mol. The highest BCUT2D eigenvalue weighted by molar-refractivity contribution is 5.92. The predicted molar refractivity (Wildman–Crippen MR) is 106 cm³/mol. The minimum atomic E-state index is -5.08. The Morgan fingerprint density at radius 3 is 2.56 bits per heavy atom. The van der Waals surface area contributed by atoms with Gasteiger partial charge in [-0.05, 0) is 30.7 Å². The van der Waals surface area contributed by atoms with Crippen molar-refractivity contribution in [3.63, 3.8) is 0 Å². The fourth-order valence-electron chi connectivity index (χ4n) is 4.17. The summed E-state index contributed by atoms with van der Waals surface area (Å²) < 4.78 is 42.9. The summed E-state index contributed by atoms with van der Waals surface area (Å²) in [6, 6.07) is 9.53. The van der Waals surface area contributed by atoms with Crippen molar-refractivity contribution in [2.45, 2.75) is 31.3 Å². The van der Waals surface area contributed by atoms with Gasteiger partial charge in [0.2, 0.25) is 0 Å². The molecule has 2 aromatic heterocycles. The molecule has 0 aliphatic carbocycles. The Bertz CT molecular complexity index is 892. The number of hydrogen-bond donors (Lipinski definition) is 1. The third kappa shape index (κ3) is 5.65. The highest BCUT2D eigenvalue weighted by Gasteiger charge is 2.46. The molecule has 2 aromatic rings. The van der Waals surface area contributed by atoms with Gasteiger partial charge in [-0.3, -0.25) is 14.7 Å². The summed E-state index contributed by atoms with van der Waals surface area (Å²) in [6.45, 7) is 3.23. The van der Waals surface area contributed by atoms with E-state index in [1.54, 1.807) is 25.6 Å². The van der Waals surface area contributed by atoms with Crippen molar-refractivity contribution in [3.8, 4) is 0 Å². The van der Waals surface area contributed by atoms with Gasteiger partial charge in [-0.2, -0.15) is 13.2 Å². The Labute approximate surface area is 182 Å². The zero-order valence-corrected chi connectivity index (χ0v) is 17.4. The Kier molecular flexibility index (Phi) is 7.52. The second kappa shape index (κ2) is 10.1. The number of carboxylic acids is 1. The Balaban J connectivity index is 0.000000360. The van der Waals surface area contributed by atoms with E-state index in [1.165, 1.54) is 0 Å². The number of hydrogen-bond acceptors (Lipinski definition) is 6. The standard InChI is InChI=1S/C19H23N3O3.C2HF3O2/c1-24-18-7-9-22(19(23)16-6-2-3-8-20-16)17-13-21(12-15(17)18)11-14-5-4-10-25-14;3-2(4,5)1(6)7/h2-6,8,10,15,17-18H,7,9,11-13H2,1H3;(H,6,7)/t15-,17+,18-;/m0./s1. The summed E-state index contributed by atoms with van der Waals surface area (Å²) in [6.07, 6.45) is -0.651. The van der Waals surface area contributed by atoms with Crippen LogP contribution in [0.25, 0.3) is 0 Å². The van der Waals surface area contributed by atoms with E-state index < -0.39 is 12.1 Å². The highest BCUT2D eigenvalue weighted by atomic mass is 19.4. The normalized spacial score (nSPS) is 23.2. The third-order valence-electron chi connectivity index (χ3n) is 5.59. The molecule has 0 aromatic carbocycles. The monoisotopic (exact) mass is 455 g/mol. The summed E-state index contributed by atoms with van der Waals surface area (Å²) in [4.78, 5) is 30.4. The maximum Gasteiger partial charge on any atom is 0.490 e. The molecule has 0 unspecified atom stereocenters. The number of rotatable bonds is 4. The minimum absolute atomic E-state index is 0.0185. The molecule has 32 heavy (non-hydrogen) atoms. The topological polar surface area (TPSA) is 96.1 Å². The molecular formula is C21H24F3N3O5. The molecule has 0 spiro atoms. The largest absolute Gasteiger partial charge is 0.490 e. The second-order valence-electron chi connectivity index (χ2n) is 7.58. The summed E-state index contributed by atoms with van der Waals surface area (Å²) in [7, 11) is 1.77. The predicted octanol–water partition coefficient (Wildman–Crippen LogP) is 2.67. The van der Waals surface area contributed by atoms with Crippen molar-refractivity contribution in [3.05, 3.63) is 54.2 Å². The van der Waals surface area contributed by atoms with Gasteiger partial charge in [0.15, 0.2) is 0 Å². The number of halogens is 3. The molecule has 2 saturated heterocycles. The van der Waals surface area contributed by atoms with Crippen molar-refractivity contribution in [2.75, 3.05) is 26.7 Å². The number of fused-ring (bicyclic) bond motifs is 1. The highest BCUT2D eigenvalue weighted by Crippen LogP contribution is 2.34. The number of aromatic nitrogens is 1. The van der Waals surface area contributed by atoms with Crippen LogP contribution in [0.4, 0.5) is 13.2 Å². The molecule has 4 heterocycles. The Morgan fingerprint density at radius 1 is 1.25 bits per heavy atom. The lowest BCUT2D eigenvalue weighted by Gasteiger charge is -2.40. The maximum atomic E-state index is 12.9.